The predicted molar refractivity (Wildman–Crippen MR) is 129 cm³/mol. The summed E-state index contributed by atoms with van der Waals surface area (Å²) in [4.78, 5) is 0. The van der Waals surface area contributed by atoms with E-state index in [0.29, 0.717) is 0 Å². The van der Waals surface area contributed by atoms with Crippen LogP contribution in [0.1, 0.15) is 33.4 Å². The smallest absolute Gasteiger partial charge is 0.125 e. The van der Waals surface area contributed by atoms with Crippen molar-refractivity contribution in [1.29, 1.82) is 0 Å². The minimum atomic E-state index is 0.146. The van der Waals surface area contributed by atoms with Crippen molar-refractivity contribution >= 4 is 0 Å². The van der Waals surface area contributed by atoms with Crippen LogP contribution >= 0.6 is 0 Å². The van der Waals surface area contributed by atoms with Crippen molar-refractivity contribution < 1.29 is 19.3 Å². The zero-order valence-electron chi connectivity index (χ0n) is 20.1. The van der Waals surface area contributed by atoms with Gasteiger partial charge >= 0.3 is 0 Å². The summed E-state index contributed by atoms with van der Waals surface area (Å²) in [5.74, 6) is 2.73. The second kappa shape index (κ2) is 13.3. The molecule has 0 aliphatic heterocycles. The highest BCUT2D eigenvalue weighted by atomic mass is 16.5. The number of aliphatic hydroxyl groups excluding tert-OH is 1. The van der Waals surface area contributed by atoms with E-state index in [1.807, 2.05) is 70.2 Å². The van der Waals surface area contributed by atoms with E-state index in [4.69, 9.17) is 19.3 Å². The Bertz CT molecular complexity index is 923. The fourth-order valence-corrected chi connectivity index (χ4v) is 2.93. The summed E-state index contributed by atoms with van der Waals surface area (Å²) in [6, 6.07) is 18.0. The number of benzene rings is 3. The van der Waals surface area contributed by atoms with Crippen LogP contribution in [0.15, 0.2) is 54.6 Å². The lowest BCUT2D eigenvalue weighted by atomic mass is 10.1. The highest BCUT2D eigenvalue weighted by Crippen LogP contribution is 2.28. The molecule has 0 atom stereocenters. The van der Waals surface area contributed by atoms with Crippen LogP contribution in [-0.2, 0) is 6.61 Å². The molecule has 0 amide bonds. The van der Waals surface area contributed by atoms with E-state index < -0.39 is 0 Å². The lowest BCUT2D eigenvalue weighted by Crippen LogP contribution is -1.93. The molecule has 4 heteroatoms. The summed E-state index contributed by atoms with van der Waals surface area (Å²) in [6.45, 7) is 10.2. The maximum atomic E-state index is 8.72. The summed E-state index contributed by atoms with van der Waals surface area (Å²) >= 11 is 0. The topological polar surface area (TPSA) is 47.9 Å². The van der Waals surface area contributed by atoms with Crippen molar-refractivity contribution in [1.82, 2.24) is 0 Å². The number of hydrogen-bond acceptors (Lipinski definition) is 4. The molecule has 0 aliphatic carbocycles. The molecular formula is C27H36O4. The SMILES string of the molecule is COc1cc(C)cc(OC)c1C.COc1cc(C)ccc1C.Cc1ccccc1CO. The van der Waals surface area contributed by atoms with Crippen LogP contribution in [0.25, 0.3) is 0 Å². The molecule has 3 aromatic rings. The van der Waals surface area contributed by atoms with Crippen molar-refractivity contribution in [2.24, 2.45) is 0 Å². The van der Waals surface area contributed by atoms with E-state index >= 15 is 0 Å². The quantitative estimate of drug-likeness (QED) is 0.548. The van der Waals surface area contributed by atoms with Gasteiger partial charge in [-0.2, -0.15) is 0 Å². The van der Waals surface area contributed by atoms with Gasteiger partial charge in [-0.05, 0) is 80.6 Å². The van der Waals surface area contributed by atoms with Crippen LogP contribution in [0, 0.1) is 34.6 Å². The van der Waals surface area contributed by atoms with Gasteiger partial charge in [0.15, 0.2) is 0 Å². The van der Waals surface area contributed by atoms with Crippen LogP contribution in [0.5, 0.6) is 17.2 Å². The van der Waals surface area contributed by atoms with E-state index in [1.54, 1.807) is 21.3 Å². The van der Waals surface area contributed by atoms with E-state index in [-0.39, 0.29) is 6.61 Å². The molecule has 1 N–H and O–H groups in total. The van der Waals surface area contributed by atoms with Gasteiger partial charge in [-0.25, -0.2) is 0 Å². The van der Waals surface area contributed by atoms with Crippen LogP contribution in [0.2, 0.25) is 0 Å². The molecule has 3 rings (SSSR count). The first kappa shape index (κ1) is 26.1. The molecule has 3 aromatic carbocycles. The van der Waals surface area contributed by atoms with Crippen molar-refractivity contribution in [2.75, 3.05) is 21.3 Å². The maximum absolute atomic E-state index is 8.72. The molecule has 0 saturated carbocycles. The van der Waals surface area contributed by atoms with Gasteiger partial charge in [0, 0.05) is 5.56 Å². The minimum Gasteiger partial charge on any atom is -0.496 e. The summed E-state index contributed by atoms with van der Waals surface area (Å²) in [5.41, 5.74) is 6.79. The molecule has 4 nitrogen and oxygen atoms in total. The molecule has 0 bridgehead atoms. The number of ether oxygens (including phenoxy) is 3. The third kappa shape index (κ3) is 8.35. The number of methoxy groups -OCH3 is 3. The second-order valence-corrected chi connectivity index (χ2v) is 7.35. The Morgan fingerprint density at radius 2 is 1.13 bits per heavy atom. The highest BCUT2D eigenvalue weighted by molar-refractivity contribution is 5.46. The largest absolute Gasteiger partial charge is 0.496 e. The minimum absolute atomic E-state index is 0.146. The molecule has 168 valence electrons. The molecule has 0 heterocycles. The summed E-state index contributed by atoms with van der Waals surface area (Å²) in [7, 11) is 5.03. The molecule has 0 fully saturated rings. The molecule has 0 saturated heterocycles. The van der Waals surface area contributed by atoms with Gasteiger partial charge in [0.05, 0.1) is 27.9 Å². The van der Waals surface area contributed by atoms with Gasteiger partial charge in [-0.3, -0.25) is 0 Å². The lowest BCUT2D eigenvalue weighted by molar-refractivity contribution is 0.281. The van der Waals surface area contributed by atoms with E-state index in [9.17, 15) is 0 Å². The fraction of sp³-hybridized carbons (Fsp3) is 0.333. The number of aryl methyl sites for hydroxylation is 4. The normalized spacial score (nSPS) is 9.58. The summed E-state index contributed by atoms with van der Waals surface area (Å²) < 4.78 is 15.5. The zero-order valence-corrected chi connectivity index (χ0v) is 20.1. The molecule has 31 heavy (non-hydrogen) atoms. The molecule has 0 unspecified atom stereocenters. The third-order valence-electron chi connectivity index (χ3n) is 4.89. The fourth-order valence-electron chi connectivity index (χ4n) is 2.93. The predicted octanol–water partition coefficient (Wildman–Crippen LogP) is 6.12. The monoisotopic (exact) mass is 424 g/mol. The number of aliphatic hydroxyl groups is 1. The van der Waals surface area contributed by atoms with Crippen LogP contribution in [0.3, 0.4) is 0 Å². The average Bonchev–Trinajstić information content (AvgIpc) is 2.78. The Morgan fingerprint density at radius 1 is 0.613 bits per heavy atom. The molecule has 0 spiro atoms. The summed E-state index contributed by atoms with van der Waals surface area (Å²) in [6.07, 6.45) is 0. The Labute approximate surface area is 187 Å². The van der Waals surface area contributed by atoms with Gasteiger partial charge in [-0.15, -0.1) is 0 Å². The van der Waals surface area contributed by atoms with Gasteiger partial charge < -0.3 is 19.3 Å². The average molecular weight is 425 g/mol. The van der Waals surface area contributed by atoms with E-state index in [0.717, 1.165) is 39.5 Å². The lowest BCUT2D eigenvalue weighted by Gasteiger charge is -2.10. The van der Waals surface area contributed by atoms with Gasteiger partial charge in [-0.1, -0.05) is 36.4 Å². The second-order valence-electron chi connectivity index (χ2n) is 7.35. The van der Waals surface area contributed by atoms with E-state index in [2.05, 4.69) is 19.1 Å². The molecule has 0 aliphatic rings. The zero-order chi connectivity index (χ0) is 23.4. The van der Waals surface area contributed by atoms with Crippen molar-refractivity contribution in [3.63, 3.8) is 0 Å². The van der Waals surface area contributed by atoms with Gasteiger partial charge in [0.2, 0.25) is 0 Å². The third-order valence-corrected chi connectivity index (χ3v) is 4.89. The Kier molecular flexibility index (Phi) is 11.2. The summed E-state index contributed by atoms with van der Waals surface area (Å²) in [5, 5.41) is 8.72. The first-order chi connectivity index (χ1) is 14.8. The number of rotatable bonds is 4. The van der Waals surface area contributed by atoms with Crippen LogP contribution in [0.4, 0.5) is 0 Å². The Balaban J connectivity index is 0.000000235. The van der Waals surface area contributed by atoms with Crippen molar-refractivity contribution in [3.05, 3.63) is 88.0 Å². The Hall–Kier alpha value is -2.98. The first-order valence-electron chi connectivity index (χ1n) is 10.2. The molecule has 0 aromatic heterocycles. The Morgan fingerprint density at radius 3 is 1.55 bits per heavy atom. The number of hydrogen-bond donors (Lipinski definition) is 1. The molecule has 0 radical (unpaired) electrons. The van der Waals surface area contributed by atoms with Crippen molar-refractivity contribution in [2.45, 2.75) is 41.2 Å². The van der Waals surface area contributed by atoms with Crippen molar-refractivity contribution in [3.8, 4) is 17.2 Å². The molecular weight excluding hydrogens is 388 g/mol. The standard InChI is InChI=1S/C10H14O2.C9H12O.C8H10O/c1-7-5-9(11-3)8(2)10(6-7)12-4;1-7-4-5-8(2)9(6-7)10-3;1-7-4-2-3-5-8(7)6-9/h5-6H,1-4H3;4-6H,1-3H3;2-5,9H,6H2,1H3. The first-order valence-corrected chi connectivity index (χ1v) is 10.2. The van der Waals surface area contributed by atoms with Crippen LogP contribution < -0.4 is 14.2 Å². The van der Waals surface area contributed by atoms with Crippen LogP contribution in [-0.4, -0.2) is 26.4 Å². The van der Waals surface area contributed by atoms with E-state index in [1.165, 1.54) is 11.1 Å². The highest BCUT2D eigenvalue weighted by Gasteiger charge is 2.05. The maximum Gasteiger partial charge on any atom is 0.125 e. The van der Waals surface area contributed by atoms with Gasteiger partial charge in [0.25, 0.3) is 0 Å². The van der Waals surface area contributed by atoms with Gasteiger partial charge in [0.1, 0.15) is 17.2 Å².